The van der Waals surface area contributed by atoms with Gasteiger partial charge in [-0.1, -0.05) is 12.2 Å². The van der Waals surface area contributed by atoms with Gasteiger partial charge >= 0.3 is 0 Å². The van der Waals surface area contributed by atoms with Crippen molar-refractivity contribution in [3.8, 4) is 6.07 Å². The first kappa shape index (κ1) is 8.19. The smallest absolute Gasteiger partial charge is 0.0926 e. The van der Waals surface area contributed by atoms with Crippen molar-refractivity contribution in [2.24, 2.45) is 0 Å². The summed E-state index contributed by atoms with van der Waals surface area (Å²) in [6, 6.07) is 2.00. The van der Waals surface area contributed by atoms with Crippen LogP contribution in [0.1, 0.15) is 13.8 Å². The summed E-state index contributed by atoms with van der Waals surface area (Å²) >= 11 is 0. The number of rotatable bonds is 3. The molecule has 0 aromatic heterocycles. The molecule has 0 saturated heterocycles. The molecule has 0 fully saturated rings. The maximum Gasteiger partial charge on any atom is 0.0926 e. The van der Waals surface area contributed by atoms with Crippen LogP contribution in [0.3, 0.4) is 0 Å². The number of hydrogen-bond acceptors (Lipinski definition) is 2. The Morgan fingerprint density at radius 3 is 2.78 bits per heavy atom. The lowest BCUT2D eigenvalue weighted by atomic mass is 10.3. The zero-order chi connectivity index (χ0) is 7.28. The third-order valence-corrected chi connectivity index (χ3v) is 0.904. The van der Waals surface area contributed by atoms with Crippen molar-refractivity contribution in [2.45, 2.75) is 19.9 Å². The number of nitrogens with zero attached hydrogens (tertiary/aromatic N) is 1. The van der Waals surface area contributed by atoms with Gasteiger partial charge in [-0.05, 0) is 13.8 Å². The minimum atomic E-state index is -0.0679. The molecular weight excluding hydrogens is 112 g/mol. The van der Waals surface area contributed by atoms with Crippen molar-refractivity contribution in [2.75, 3.05) is 6.54 Å². The molecule has 2 nitrogen and oxygen atoms in total. The van der Waals surface area contributed by atoms with Gasteiger partial charge in [0, 0.05) is 6.54 Å². The van der Waals surface area contributed by atoms with Crippen LogP contribution >= 0.6 is 0 Å². The lowest BCUT2D eigenvalue weighted by Gasteiger charge is -2.03. The minimum Gasteiger partial charge on any atom is -0.298 e. The fourth-order valence-electron chi connectivity index (χ4n) is 0.373. The van der Waals surface area contributed by atoms with E-state index in [4.69, 9.17) is 5.26 Å². The first-order valence-corrected chi connectivity index (χ1v) is 2.94. The Balaban J connectivity index is 3.30. The Bertz CT molecular complexity index is 132. The second-order valence-corrected chi connectivity index (χ2v) is 2.19. The molecule has 0 rings (SSSR count). The summed E-state index contributed by atoms with van der Waals surface area (Å²) in [5.74, 6) is 0. The molecule has 0 heterocycles. The molecule has 2 heteroatoms. The highest BCUT2D eigenvalue weighted by atomic mass is 14.9. The van der Waals surface area contributed by atoms with E-state index in [9.17, 15) is 0 Å². The largest absolute Gasteiger partial charge is 0.298 e. The Morgan fingerprint density at radius 2 is 2.44 bits per heavy atom. The summed E-state index contributed by atoms with van der Waals surface area (Å²) in [5, 5.41) is 11.3. The van der Waals surface area contributed by atoms with Crippen LogP contribution in [-0.2, 0) is 0 Å². The monoisotopic (exact) mass is 124 g/mol. The molecule has 0 spiro atoms. The number of hydrogen-bond donors (Lipinski definition) is 1. The Morgan fingerprint density at radius 1 is 1.89 bits per heavy atom. The van der Waals surface area contributed by atoms with Gasteiger partial charge in [0.2, 0.25) is 0 Å². The van der Waals surface area contributed by atoms with Crippen LogP contribution in [0.25, 0.3) is 0 Å². The number of nitriles is 1. The molecule has 1 atom stereocenters. The van der Waals surface area contributed by atoms with Crippen molar-refractivity contribution in [3.05, 3.63) is 12.2 Å². The van der Waals surface area contributed by atoms with Crippen LogP contribution in [0.15, 0.2) is 12.2 Å². The van der Waals surface area contributed by atoms with Crippen molar-refractivity contribution < 1.29 is 0 Å². The average Bonchev–Trinajstić information content (AvgIpc) is 1.83. The molecular formula is C7H12N2. The van der Waals surface area contributed by atoms with E-state index in [1.807, 2.05) is 13.8 Å². The summed E-state index contributed by atoms with van der Waals surface area (Å²) in [5.41, 5.74) is 1.05. The van der Waals surface area contributed by atoms with E-state index in [0.29, 0.717) is 0 Å². The maximum absolute atomic E-state index is 8.31. The molecule has 0 saturated carbocycles. The summed E-state index contributed by atoms with van der Waals surface area (Å²) in [6.45, 7) is 8.17. The van der Waals surface area contributed by atoms with Gasteiger partial charge in [0.15, 0.2) is 0 Å². The standard InChI is InChI=1S/C7H12N2/c1-6(2)5-9-7(3)4-8/h7,9H,1,5H2,2-3H3. The second-order valence-electron chi connectivity index (χ2n) is 2.19. The average molecular weight is 124 g/mol. The van der Waals surface area contributed by atoms with Gasteiger partial charge in [0.25, 0.3) is 0 Å². The zero-order valence-electron chi connectivity index (χ0n) is 5.94. The summed E-state index contributed by atoms with van der Waals surface area (Å²) < 4.78 is 0. The molecule has 0 aliphatic rings. The Labute approximate surface area is 56.2 Å². The predicted molar refractivity (Wildman–Crippen MR) is 37.9 cm³/mol. The van der Waals surface area contributed by atoms with Gasteiger partial charge in [-0.25, -0.2) is 0 Å². The van der Waals surface area contributed by atoms with Gasteiger partial charge in [-0.15, -0.1) is 0 Å². The van der Waals surface area contributed by atoms with Crippen molar-refractivity contribution in [1.82, 2.24) is 5.32 Å². The van der Waals surface area contributed by atoms with Crippen LogP contribution in [0.2, 0.25) is 0 Å². The highest BCUT2D eigenvalue weighted by molar-refractivity contribution is 4.95. The van der Waals surface area contributed by atoms with Crippen molar-refractivity contribution in [3.63, 3.8) is 0 Å². The molecule has 0 radical (unpaired) electrons. The van der Waals surface area contributed by atoms with Gasteiger partial charge in [-0.3, -0.25) is 5.32 Å². The van der Waals surface area contributed by atoms with E-state index in [0.717, 1.165) is 12.1 Å². The molecule has 1 N–H and O–H groups in total. The maximum atomic E-state index is 8.31. The Hall–Kier alpha value is -0.810. The fourth-order valence-corrected chi connectivity index (χ4v) is 0.373. The SMILES string of the molecule is C=C(C)CNC(C)C#N. The van der Waals surface area contributed by atoms with Crippen LogP contribution in [0, 0.1) is 11.3 Å². The van der Waals surface area contributed by atoms with Gasteiger partial charge in [0.1, 0.15) is 0 Å². The number of nitrogens with one attached hydrogen (secondary N) is 1. The van der Waals surface area contributed by atoms with Crippen LogP contribution in [0.4, 0.5) is 0 Å². The third kappa shape index (κ3) is 5.05. The summed E-state index contributed by atoms with van der Waals surface area (Å²) in [4.78, 5) is 0. The lowest BCUT2D eigenvalue weighted by molar-refractivity contribution is 0.682. The minimum absolute atomic E-state index is 0.0679. The van der Waals surface area contributed by atoms with Crippen LogP contribution in [-0.4, -0.2) is 12.6 Å². The fraction of sp³-hybridized carbons (Fsp3) is 0.571. The van der Waals surface area contributed by atoms with Crippen molar-refractivity contribution in [1.29, 1.82) is 5.26 Å². The van der Waals surface area contributed by atoms with E-state index in [2.05, 4.69) is 18.0 Å². The van der Waals surface area contributed by atoms with Gasteiger partial charge < -0.3 is 0 Å². The summed E-state index contributed by atoms with van der Waals surface area (Å²) in [6.07, 6.45) is 0. The molecule has 0 aromatic carbocycles. The third-order valence-electron chi connectivity index (χ3n) is 0.904. The zero-order valence-corrected chi connectivity index (χ0v) is 5.94. The summed E-state index contributed by atoms with van der Waals surface area (Å²) in [7, 11) is 0. The van der Waals surface area contributed by atoms with Crippen LogP contribution in [0.5, 0.6) is 0 Å². The van der Waals surface area contributed by atoms with E-state index in [-0.39, 0.29) is 6.04 Å². The van der Waals surface area contributed by atoms with E-state index in [1.54, 1.807) is 0 Å². The molecule has 1 unspecified atom stereocenters. The lowest BCUT2D eigenvalue weighted by Crippen LogP contribution is -2.25. The van der Waals surface area contributed by atoms with E-state index in [1.165, 1.54) is 0 Å². The first-order chi connectivity index (χ1) is 4.16. The van der Waals surface area contributed by atoms with E-state index < -0.39 is 0 Å². The molecule has 0 aliphatic heterocycles. The quantitative estimate of drug-likeness (QED) is 0.571. The highest BCUT2D eigenvalue weighted by Crippen LogP contribution is 1.83. The first-order valence-electron chi connectivity index (χ1n) is 2.94. The van der Waals surface area contributed by atoms with Crippen molar-refractivity contribution >= 4 is 0 Å². The van der Waals surface area contributed by atoms with E-state index >= 15 is 0 Å². The Kier molecular flexibility index (Phi) is 3.74. The molecule has 9 heavy (non-hydrogen) atoms. The molecule has 50 valence electrons. The normalized spacial score (nSPS) is 12.1. The molecule has 0 bridgehead atoms. The van der Waals surface area contributed by atoms with Gasteiger partial charge in [-0.2, -0.15) is 5.26 Å². The predicted octanol–water partition coefficient (Wildman–Crippen LogP) is 1.06. The second kappa shape index (κ2) is 4.11. The molecule has 0 aromatic rings. The molecule has 0 aliphatic carbocycles. The van der Waals surface area contributed by atoms with Crippen LogP contribution < -0.4 is 5.32 Å². The topological polar surface area (TPSA) is 35.8 Å². The highest BCUT2D eigenvalue weighted by Gasteiger charge is 1.94. The molecule has 0 amide bonds. The van der Waals surface area contributed by atoms with Gasteiger partial charge in [0.05, 0.1) is 12.1 Å².